The second-order valence-electron chi connectivity index (χ2n) is 17.3. The van der Waals surface area contributed by atoms with Gasteiger partial charge in [0.25, 0.3) is 0 Å². The van der Waals surface area contributed by atoms with E-state index in [-0.39, 0.29) is 19.2 Å². The predicted octanol–water partition coefficient (Wildman–Crippen LogP) is 11.8. The van der Waals surface area contributed by atoms with Crippen LogP contribution in [0.15, 0.2) is 24.3 Å². The summed E-state index contributed by atoms with van der Waals surface area (Å²) in [6.07, 6.45) is 42.1. The van der Waals surface area contributed by atoms with Crippen LogP contribution < -0.4 is 0 Å². The lowest BCUT2D eigenvalue weighted by atomic mass is 9.99. The number of hydrogen-bond donors (Lipinski definition) is 4. The number of rotatable bonds is 43. The minimum absolute atomic E-state index is 0.114. The standard InChI is InChI=1S/C50H94O9/c1-3-5-7-9-11-13-15-17-19-20-21-22-23-24-25-27-29-31-33-35-37-39-46(52)58-44(43-57-50-49(55)48(54)47(53)45(41-51)59-50)42-56-40-38-36-34-32-30-28-26-18-16-14-12-10-8-6-4-2/h16,18,20-21,44-45,47-51,53-55H,3-15,17,19,22-43H2,1-2H3/b18-16-,21-20-. The Kier molecular flexibility index (Phi) is 39.6. The lowest BCUT2D eigenvalue weighted by Crippen LogP contribution is -2.59. The Hall–Kier alpha value is -1.33. The van der Waals surface area contributed by atoms with Gasteiger partial charge >= 0.3 is 5.97 Å². The number of hydrogen-bond acceptors (Lipinski definition) is 9. The summed E-state index contributed by atoms with van der Waals surface area (Å²) in [7, 11) is 0. The number of allylic oxidation sites excluding steroid dienone is 4. The number of aliphatic hydroxyl groups excluding tert-OH is 4. The van der Waals surface area contributed by atoms with Crippen molar-refractivity contribution in [3.05, 3.63) is 24.3 Å². The van der Waals surface area contributed by atoms with E-state index in [0.29, 0.717) is 13.0 Å². The first-order valence-corrected chi connectivity index (χ1v) is 24.9. The van der Waals surface area contributed by atoms with E-state index in [4.69, 9.17) is 18.9 Å². The normalized spacial score (nSPS) is 20.3. The van der Waals surface area contributed by atoms with E-state index >= 15 is 0 Å². The van der Waals surface area contributed by atoms with Crippen LogP contribution in [0.4, 0.5) is 0 Å². The van der Waals surface area contributed by atoms with Crippen molar-refractivity contribution in [2.24, 2.45) is 0 Å². The van der Waals surface area contributed by atoms with Crippen LogP contribution in [-0.2, 0) is 23.7 Å². The molecule has 4 N–H and O–H groups in total. The Labute approximate surface area is 362 Å². The smallest absolute Gasteiger partial charge is 0.306 e. The molecule has 0 aromatic carbocycles. The van der Waals surface area contributed by atoms with E-state index in [9.17, 15) is 25.2 Å². The quantitative estimate of drug-likeness (QED) is 0.0269. The fourth-order valence-electron chi connectivity index (χ4n) is 7.66. The highest BCUT2D eigenvalue weighted by Crippen LogP contribution is 2.23. The molecule has 1 rings (SSSR count). The van der Waals surface area contributed by atoms with Crippen LogP contribution in [0, 0.1) is 0 Å². The van der Waals surface area contributed by atoms with Crippen LogP contribution in [0.25, 0.3) is 0 Å². The minimum atomic E-state index is -1.54. The number of esters is 1. The molecule has 1 heterocycles. The maximum Gasteiger partial charge on any atom is 0.306 e. The Morgan fingerprint density at radius 3 is 1.37 bits per heavy atom. The third kappa shape index (κ3) is 33.0. The molecular weight excluding hydrogens is 745 g/mol. The zero-order valence-corrected chi connectivity index (χ0v) is 38.3. The van der Waals surface area contributed by atoms with Crippen LogP contribution in [0.5, 0.6) is 0 Å². The van der Waals surface area contributed by atoms with Crippen LogP contribution in [0.1, 0.15) is 226 Å². The second-order valence-corrected chi connectivity index (χ2v) is 17.3. The first-order chi connectivity index (χ1) is 28.9. The highest BCUT2D eigenvalue weighted by atomic mass is 16.7. The predicted molar refractivity (Wildman–Crippen MR) is 242 cm³/mol. The zero-order chi connectivity index (χ0) is 42.9. The molecule has 1 aliphatic heterocycles. The van der Waals surface area contributed by atoms with Gasteiger partial charge in [0.2, 0.25) is 0 Å². The zero-order valence-electron chi connectivity index (χ0n) is 38.3. The average Bonchev–Trinajstić information content (AvgIpc) is 3.24. The van der Waals surface area contributed by atoms with Crippen LogP contribution in [0.2, 0.25) is 0 Å². The molecule has 1 aliphatic rings. The topological polar surface area (TPSA) is 135 Å². The highest BCUT2D eigenvalue weighted by Gasteiger charge is 2.44. The second kappa shape index (κ2) is 42.0. The van der Waals surface area contributed by atoms with E-state index in [1.54, 1.807) is 0 Å². The summed E-state index contributed by atoms with van der Waals surface area (Å²) in [5, 5.41) is 40.2. The Bertz CT molecular complexity index is 957. The molecule has 0 amide bonds. The first-order valence-electron chi connectivity index (χ1n) is 24.9. The van der Waals surface area contributed by atoms with Crippen molar-refractivity contribution in [1.29, 1.82) is 0 Å². The molecule has 6 unspecified atom stereocenters. The summed E-state index contributed by atoms with van der Waals surface area (Å²) in [4.78, 5) is 12.8. The fourth-order valence-corrected chi connectivity index (χ4v) is 7.66. The minimum Gasteiger partial charge on any atom is -0.457 e. The molecule has 0 bridgehead atoms. The number of carbonyl (C=O) groups is 1. The third-order valence-electron chi connectivity index (χ3n) is 11.6. The van der Waals surface area contributed by atoms with Crippen LogP contribution in [-0.4, -0.2) is 89.6 Å². The third-order valence-corrected chi connectivity index (χ3v) is 11.6. The van der Waals surface area contributed by atoms with Crippen molar-refractivity contribution in [3.63, 3.8) is 0 Å². The van der Waals surface area contributed by atoms with Crippen molar-refractivity contribution < 1.29 is 44.2 Å². The van der Waals surface area contributed by atoms with Gasteiger partial charge in [-0.05, 0) is 64.2 Å². The SMILES string of the molecule is CCCCCCC/C=C\CCCCCCCCOCC(COC1OC(CO)C(O)C(O)C1O)OC(=O)CCCCCCCCCCC/C=C\CCCCCCCCCC. The molecule has 1 saturated heterocycles. The van der Waals surface area contributed by atoms with E-state index in [1.807, 2.05) is 0 Å². The van der Waals surface area contributed by atoms with Gasteiger partial charge in [0.15, 0.2) is 6.29 Å². The van der Waals surface area contributed by atoms with E-state index in [2.05, 4.69) is 38.2 Å². The van der Waals surface area contributed by atoms with Gasteiger partial charge in [-0.1, -0.05) is 179 Å². The fraction of sp³-hybridized carbons (Fsp3) is 0.900. The molecule has 9 heteroatoms. The number of ether oxygens (including phenoxy) is 4. The lowest BCUT2D eigenvalue weighted by Gasteiger charge is -2.39. The van der Waals surface area contributed by atoms with Gasteiger partial charge in [-0.25, -0.2) is 0 Å². The Morgan fingerprint density at radius 2 is 0.932 bits per heavy atom. The van der Waals surface area contributed by atoms with Crippen LogP contribution in [0.3, 0.4) is 0 Å². The maximum absolute atomic E-state index is 12.8. The maximum atomic E-state index is 12.8. The van der Waals surface area contributed by atoms with Crippen molar-refractivity contribution in [1.82, 2.24) is 0 Å². The molecule has 0 aromatic heterocycles. The molecular formula is C50H94O9. The van der Waals surface area contributed by atoms with Gasteiger partial charge in [0, 0.05) is 13.0 Å². The van der Waals surface area contributed by atoms with Gasteiger partial charge in [-0.3, -0.25) is 4.79 Å². The summed E-state index contributed by atoms with van der Waals surface area (Å²) in [6, 6.07) is 0. The van der Waals surface area contributed by atoms with Gasteiger partial charge in [-0.2, -0.15) is 0 Å². The molecule has 0 saturated carbocycles. The average molecular weight is 839 g/mol. The van der Waals surface area contributed by atoms with E-state index in [0.717, 1.165) is 32.1 Å². The van der Waals surface area contributed by atoms with Gasteiger partial charge in [0.05, 0.1) is 19.8 Å². The van der Waals surface area contributed by atoms with E-state index in [1.165, 1.54) is 173 Å². The van der Waals surface area contributed by atoms with Crippen molar-refractivity contribution in [3.8, 4) is 0 Å². The molecule has 1 fully saturated rings. The summed E-state index contributed by atoms with van der Waals surface area (Å²) in [5.41, 5.74) is 0. The number of carbonyl (C=O) groups excluding carboxylic acids is 1. The Balaban J connectivity index is 2.21. The molecule has 0 radical (unpaired) electrons. The van der Waals surface area contributed by atoms with Gasteiger partial charge in [-0.15, -0.1) is 0 Å². The van der Waals surface area contributed by atoms with E-state index < -0.39 is 43.4 Å². The lowest BCUT2D eigenvalue weighted by molar-refractivity contribution is -0.305. The van der Waals surface area contributed by atoms with Crippen molar-refractivity contribution in [2.45, 2.75) is 263 Å². The summed E-state index contributed by atoms with van der Waals surface area (Å²) in [5.74, 6) is -0.315. The molecule has 0 aromatic rings. The van der Waals surface area contributed by atoms with Crippen molar-refractivity contribution in [2.75, 3.05) is 26.4 Å². The molecule has 6 atom stereocenters. The summed E-state index contributed by atoms with van der Waals surface area (Å²) in [6.45, 7) is 4.56. The highest BCUT2D eigenvalue weighted by molar-refractivity contribution is 5.69. The number of unbranched alkanes of at least 4 members (excludes halogenated alkanes) is 28. The summed E-state index contributed by atoms with van der Waals surface area (Å²) < 4.78 is 22.9. The molecule has 0 spiro atoms. The summed E-state index contributed by atoms with van der Waals surface area (Å²) >= 11 is 0. The molecule has 59 heavy (non-hydrogen) atoms. The monoisotopic (exact) mass is 839 g/mol. The van der Waals surface area contributed by atoms with Crippen molar-refractivity contribution >= 4 is 5.97 Å². The molecule has 9 nitrogen and oxygen atoms in total. The van der Waals surface area contributed by atoms with Gasteiger partial charge in [0.1, 0.15) is 30.5 Å². The van der Waals surface area contributed by atoms with Crippen LogP contribution >= 0.6 is 0 Å². The Morgan fingerprint density at radius 1 is 0.525 bits per heavy atom. The largest absolute Gasteiger partial charge is 0.457 e. The van der Waals surface area contributed by atoms with Gasteiger partial charge < -0.3 is 39.4 Å². The molecule has 0 aliphatic carbocycles. The first kappa shape index (κ1) is 55.7. The number of aliphatic hydroxyl groups is 4. The molecule has 348 valence electrons.